The fourth-order valence-corrected chi connectivity index (χ4v) is 4.09. The summed E-state index contributed by atoms with van der Waals surface area (Å²) in [6, 6.07) is 11.9. The molecule has 1 unspecified atom stereocenters. The van der Waals surface area contributed by atoms with E-state index in [1.807, 2.05) is 13.8 Å². The van der Waals surface area contributed by atoms with E-state index >= 15 is 0 Å². The number of anilines is 1. The molecule has 194 valence electrons. The largest absolute Gasteiger partial charge is 0.460 e. The third kappa shape index (κ3) is 7.57. The molecule has 36 heavy (non-hydrogen) atoms. The molecule has 0 spiro atoms. The standard InChI is InChI=1S/C27H33F3N4O2/c1-17(2)36-25-32-24(19-8-7-9-20(15-19)27(28,29)30)34(33-25)22-12-10-21(11-13-22)31-23(35)14-18(3)16-26(4,5)6/h7-13,15,17-18H,14,16H2,1-6H3,(H,31,35). The zero-order valence-electron chi connectivity index (χ0n) is 21.5. The molecule has 0 radical (unpaired) electrons. The Kier molecular flexibility index (Phi) is 8.11. The Labute approximate surface area is 209 Å². The van der Waals surface area contributed by atoms with Crippen molar-refractivity contribution in [2.24, 2.45) is 11.3 Å². The Morgan fingerprint density at radius 3 is 2.31 bits per heavy atom. The van der Waals surface area contributed by atoms with E-state index in [1.54, 1.807) is 30.3 Å². The Morgan fingerprint density at radius 2 is 1.72 bits per heavy atom. The molecule has 0 aliphatic heterocycles. The van der Waals surface area contributed by atoms with Crippen molar-refractivity contribution in [1.29, 1.82) is 0 Å². The summed E-state index contributed by atoms with van der Waals surface area (Å²) in [6.07, 6.45) is -3.35. The van der Waals surface area contributed by atoms with Gasteiger partial charge in [0.15, 0.2) is 5.82 Å². The molecule has 3 rings (SSSR count). The van der Waals surface area contributed by atoms with Crippen LogP contribution in [-0.4, -0.2) is 26.8 Å². The second-order valence-corrected chi connectivity index (χ2v) is 10.5. The van der Waals surface area contributed by atoms with Crippen molar-refractivity contribution in [3.63, 3.8) is 0 Å². The first-order valence-electron chi connectivity index (χ1n) is 11.9. The lowest BCUT2D eigenvalue weighted by Crippen LogP contribution is -2.18. The third-order valence-electron chi connectivity index (χ3n) is 5.27. The lowest BCUT2D eigenvalue weighted by Gasteiger charge is -2.22. The van der Waals surface area contributed by atoms with Gasteiger partial charge >= 0.3 is 12.2 Å². The Balaban J connectivity index is 1.86. The van der Waals surface area contributed by atoms with E-state index < -0.39 is 11.7 Å². The minimum Gasteiger partial charge on any atom is -0.460 e. The number of alkyl halides is 3. The van der Waals surface area contributed by atoms with Gasteiger partial charge in [-0.15, -0.1) is 5.10 Å². The molecular weight excluding hydrogens is 469 g/mol. The molecule has 0 saturated carbocycles. The van der Waals surface area contributed by atoms with Gasteiger partial charge in [0.25, 0.3) is 0 Å². The van der Waals surface area contributed by atoms with Crippen LogP contribution >= 0.6 is 0 Å². The number of hydrogen-bond acceptors (Lipinski definition) is 4. The molecule has 2 aromatic carbocycles. The number of halogens is 3. The number of aromatic nitrogens is 3. The summed E-state index contributed by atoms with van der Waals surface area (Å²) in [4.78, 5) is 16.8. The van der Waals surface area contributed by atoms with E-state index in [4.69, 9.17) is 4.74 Å². The van der Waals surface area contributed by atoms with Gasteiger partial charge in [0.05, 0.1) is 17.4 Å². The summed E-state index contributed by atoms with van der Waals surface area (Å²) >= 11 is 0. The maximum atomic E-state index is 13.3. The van der Waals surface area contributed by atoms with E-state index in [0.29, 0.717) is 17.8 Å². The van der Waals surface area contributed by atoms with Crippen LogP contribution in [0.3, 0.4) is 0 Å². The fourth-order valence-electron chi connectivity index (χ4n) is 4.09. The van der Waals surface area contributed by atoms with Crippen LogP contribution in [0.2, 0.25) is 0 Å². The summed E-state index contributed by atoms with van der Waals surface area (Å²) in [5.41, 5.74) is 0.800. The maximum absolute atomic E-state index is 13.3. The highest BCUT2D eigenvalue weighted by molar-refractivity contribution is 5.90. The van der Waals surface area contributed by atoms with Gasteiger partial charge in [0.1, 0.15) is 0 Å². The molecule has 9 heteroatoms. The number of carbonyl (C=O) groups is 1. The predicted molar refractivity (Wildman–Crippen MR) is 134 cm³/mol. The number of hydrogen-bond donors (Lipinski definition) is 1. The average Bonchev–Trinajstić information content (AvgIpc) is 3.15. The van der Waals surface area contributed by atoms with Crippen LogP contribution in [0.1, 0.15) is 59.9 Å². The quantitative estimate of drug-likeness (QED) is 0.355. The van der Waals surface area contributed by atoms with Gasteiger partial charge in [-0.1, -0.05) is 39.8 Å². The number of nitrogens with one attached hydrogen (secondary N) is 1. The predicted octanol–water partition coefficient (Wildman–Crippen LogP) is 7.14. The third-order valence-corrected chi connectivity index (χ3v) is 5.27. The van der Waals surface area contributed by atoms with Crippen LogP contribution in [0, 0.1) is 11.3 Å². The first-order chi connectivity index (χ1) is 16.7. The zero-order valence-corrected chi connectivity index (χ0v) is 21.5. The first kappa shape index (κ1) is 27.2. The maximum Gasteiger partial charge on any atom is 0.416 e. The highest BCUT2D eigenvalue weighted by atomic mass is 19.4. The van der Waals surface area contributed by atoms with Crippen LogP contribution in [0.4, 0.5) is 18.9 Å². The highest BCUT2D eigenvalue weighted by Gasteiger charge is 2.31. The molecule has 1 atom stereocenters. The molecule has 0 saturated heterocycles. The first-order valence-corrected chi connectivity index (χ1v) is 11.9. The zero-order chi connectivity index (χ0) is 26.7. The van der Waals surface area contributed by atoms with E-state index in [9.17, 15) is 18.0 Å². The van der Waals surface area contributed by atoms with Crippen LogP contribution < -0.4 is 10.1 Å². The van der Waals surface area contributed by atoms with E-state index in [1.165, 1.54) is 10.7 Å². The van der Waals surface area contributed by atoms with Gasteiger partial charge in [-0.25, -0.2) is 4.68 Å². The summed E-state index contributed by atoms with van der Waals surface area (Å²) < 4.78 is 46.9. The number of amides is 1. The topological polar surface area (TPSA) is 69.0 Å². The van der Waals surface area contributed by atoms with Crippen molar-refractivity contribution in [2.45, 2.75) is 66.7 Å². The van der Waals surface area contributed by atoms with Crippen LogP contribution in [0.5, 0.6) is 6.01 Å². The van der Waals surface area contributed by atoms with Crippen molar-refractivity contribution < 1.29 is 22.7 Å². The molecule has 1 aromatic heterocycles. The molecular formula is C27H33F3N4O2. The molecule has 0 aliphatic rings. The summed E-state index contributed by atoms with van der Waals surface area (Å²) in [5, 5.41) is 7.27. The summed E-state index contributed by atoms with van der Waals surface area (Å²) in [7, 11) is 0. The molecule has 0 fully saturated rings. The SMILES string of the molecule is CC(CC(=O)Nc1ccc(-n2nc(OC(C)C)nc2-c2cccc(C(F)(F)F)c2)cc1)CC(C)(C)C. The van der Waals surface area contributed by atoms with Crippen molar-refractivity contribution in [2.75, 3.05) is 5.32 Å². The van der Waals surface area contributed by atoms with Gasteiger partial charge in [-0.05, 0) is 68.0 Å². The van der Waals surface area contributed by atoms with Crippen LogP contribution in [-0.2, 0) is 11.0 Å². The van der Waals surface area contributed by atoms with Crippen LogP contribution in [0.25, 0.3) is 17.1 Å². The van der Waals surface area contributed by atoms with Crippen molar-refractivity contribution in [1.82, 2.24) is 14.8 Å². The Bertz CT molecular complexity index is 1180. The van der Waals surface area contributed by atoms with E-state index in [-0.39, 0.29) is 40.7 Å². The average molecular weight is 503 g/mol. The monoisotopic (exact) mass is 502 g/mol. The van der Waals surface area contributed by atoms with Crippen molar-refractivity contribution >= 4 is 11.6 Å². The second kappa shape index (κ2) is 10.7. The minimum atomic E-state index is -4.48. The van der Waals surface area contributed by atoms with Gasteiger partial charge in [-0.3, -0.25) is 4.79 Å². The Morgan fingerprint density at radius 1 is 1.06 bits per heavy atom. The van der Waals surface area contributed by atoms with Crippen LogP contribution in [0.15, 0.2) is 48.5 Å². The number of ether oxygens (including phenoxy) is 1. The molecule has 6 nitrogen and oxygen atoms in total. The van der Waals surface area contributed by atoms with Crippen molar-refractivity contribution in [3.05, 3.63) is 54.1 Å². The number of carbonyl (C=O) groups excluding carboxylic acids is 1. The second-order valence-electron chi connectivity index (χ2n) is 10.5. The van der Waals surface area contributed by atoms with Gasteiger partial charge in [0, 0.05) is 17.7 Å². The minimum absolute atomic E-state index is 0.0580. The van der Waals surface area contributed by atoms with E-state index in [2.05, 4.69) is 43.1 Å². The lowest BCUT2D eigenvalue weighted by molar-refractivity contribution is -0.137. The molecule has 0 aliphatic carbocycles. The summed E-state index contributed by atoms with van der Waals surface area (Å²) in [6.45, 7) is 12.1. The molecule has 3 aromatic rings. The number of rotatable bonds is 8. The lowest BCUT2D eigenvalue weighted by atomic mass is 9.84. The number of benzene rings is 2. The van der Waals surface area contributed by atoms with Gasteiger partial charge in [0.2, 0.25) is 5.91 Å². The highest BCUT2D eigenvalue weighted by Crippen LogP contribution is 2.33. The fraction of sp³-hybridized carbons (Fsp3) is 0.444. The van der Waals surface area contributed by atoms with Gasteiger partial charge < -0.3 is 10.1 Å². The molecule has 1 N–H and O–H groups in total. The Hall–Kier alpha value is -3.36. The van der Waals surface area contributed by atoms with Gasteiger partial charge in [-0.2, -0.15) is 18.2 Å². The number of nitrogens with zero attached hydrogens (tertiary/aromatic N) is 3. The molecule has 0 bridgehead atoms. The normalized spacial score (nSPS) is 13.1. The van der Waals surface area contributed by atoms with Crippen molar-refractivity contribution in [3.8, 4) is 23.1 Å². The smallest absolute Gasteiger partial charge is 0.416 e. The molecule has 1 heterocycles. The summed E-state index contributed by atoms with van der Waals surface area (Å²) in [5.74, 6) is 0.385. The molecule has 1 amide bonds. The van der Waals surface area contributed by atoms with E-state index in [0.717, 1.165) is 18.6 Å².